The van der Waals surface area contributed by atoms with E-state index < -0.39 is 0 Å². The number of nitrogens with one attached hydrogen (secondary N) is 1. The van der Waals surface area contributed by atoms with Crippen LogP contribution in [0, 0.1) is 11.8 Å². The van der Waals surface area contributed by atoms with Gasteiger partial charge >= 0.3 is 0 Å². The number of hydrogen-bond donors (Lipinski definition) is 1. The molecule has 2 unspecified atom stereocenters. The van der Waals surface area contributed by atoms with Gasteiger partial charge < -0.3 is 10.1 Å². The van der Waals surface area contributed by atoms with Crippen LogP contribution in [0.3, 0.4) is 0 Å². The average Bonchev–Trinajstić information content (AvgIpc) is 3.15. The van der Waals surface area contributed by atoms with E-state index in [1.807, 2.05) is 0 Å². The summed E-state index contributed by atoms with van der Waals surface area (Å²) in [7, 11) is 0. The molecule has 1 N–H and O–H groups in total. The van der Waals surface area contributed by atoms with Crippen LogP contribution in [-0.4, -0.2) is 29.0 Å². The molecule has 2 fully saturated rings. The van der Waals surface area contributed by atoms with Crippen LogP contribution in [0.2, 0.25) is 5.02 Å². The molecular weight excluding hydrogens is 278 g/mol. The van der Waals surface area contributed by atoms with E-state index in [0.717, 1.165) is 13.0 Å². The molecule has 0 radical (unpaired) electrons. The highest BCUT2D eigenvalue weighted by Gasteiger charge is 2.26. The van der Waals surface area contributed by atoms with Crippen LogP contribution >= 0.6 is 11.6 Å². The van der Waals surface area contributed by atoms with Crippen molar-refractivity contribution in [2.45, 2.75) is 38.8 Å². The summed E-state index contributed by atoms with van der Waals surface area (Å²) in [6.45, 7) is 4.28. The summed E-state index contributed by atoms with van der Waals surface area (Å²) in [5.74, 6) is 1.04. The topological polar surface area (TPSA) is 56.1 Å². The maximum absolute atomic E-state index is 12.4. The molecule has 20 heavy (non-hydrogen) atoms. The van der Waals surface area contributed by atoms with Gasteiger partial charge in [0, 0.05) is 25.6 Å². The van der Waals surface area contributed by atoms with Crippen LogP contribution in [0.1, 0.15) is 26.2 Å². The fraction of sp³-hybridized carbons (Fsp3) is 0.714. The summed E-state index contributed by atoms with van der Waals surface area (Å²) in [6.07, 6.45) is 5.19. The van der Waals surface area contributed by atoms with Gasteiger partial charge in [0.2, 0.25) is 0 Å². The quantitative estimate of drug-likeness (QED) is 0.905. The predicted octanol–water partition coefficient (Wildman–Crippen LogP) is 2.14. The van der Waals surface area contributed by atoms with Crippen LogP contribution < -0.4 is 10.9 Å². The largest absolute Gasteiger partial charge is 0.379 e. The van der Waals surface area contributed by atoms with Crippen molar-refractivity contribution in [2.24, 2.45) is 11.8 Å². The minimum atomic E-state index is -0.115. The maximum atomic E-state index is 12.4. The Balaban J connectivity index is 1.72. The van der Waals surface area contributed by atoms with Crippen molar-refractivity contribution in [1.29, 1.82) is 0 Å². The molecule has 1 aliphatic carbocycles. The highest BCUT2D eigenvalue weighted by molar-refractivity contribution is 6.32. The minimum absolute atomic E-state index is 0.115. The first-order chi connectivity index (χ1) is 9.65. The van der Waals surface area contributed by atoms with E-state index in [-0.39, 0.29) is 11.7 Å². The molecule has 1 aromatic heterocycles. The summed E-state index contributed by atoms with van der Waals surface area (Å²) in [5.41, 5.74) is 0.359. The highest BCUT2D eigenvalue weighted by atomic mass is 35.5. The number of anilines is 1. The molecule has 0 amide bonds. The van der Waals surface area contributed by atoms with Crippen molar-refractivity contribution >= 4 is 17.3 Å². The summed E-state index contributed by atoms with van der Waals surface area (Å²) < 4.78 is 7.06. The normalized spacial score (nSPS) is 25.9. The molecule has 5 nitrogen and oxygen atoms in total. The molecule has 1 saturated heterocycles. The molecule has 110 valence electrons. The third-order valence-corrected chi connectivity index (χ3v) is 4.49. The fourth-order valence-electron chi connectivity index (χ4n) is 2.58. The van der Waals surface area contributed by atoms with Gasteiger partial charge in [-0.25, -0.2) is 4.68 Å². The molecule has 2 atom stereocenters. The highest BCUT2D eigenvalue weighted by Crippen LogP contribution is 2.30. The van der Waals surface area contributed by atoms with Crippen molar-refractivity contribution in [1.82, 2.24) is 9.78 Å². The van der Waals surface area contributed by atoms with E-state index in [1.165, 1.54) is 17.5 Å². The van der Waals surface area contributed by atoms with Gasteiger partial charge in [-0.15, -0.1) is 0 Å². The Labute approximate surface area is 123 Å². The third-order valence-electron chi connectivity index (χ3n) is 4.20. The van der Waals surface area contributed by atoms with E-state index in [4.69, 9.17) is 16.3 Å². The van der Waals surface area contributed by atoms with Crippen LogP contribution in [0.4, 0.5) is 5.69 Å². The van der Waals surface area contributed by atoms with Gasteiger partial charge in [0.15, 0.2) is 0 Å². The zero-order valence-corrected chi connectivity index (χ0v) is 12.4. The van der Waals surface area contributed by atoms with E-state index in [9.17, 15) is 4.79 Å². The molecule has 0 bridgehead atoms. The summed E-state index contributed by atoms with van der Waals surface area (Å²) in [6, 6.07) is 0. The molecule has 0 spiro atoms. The first-order valence-electron chi connectivity index (χ1n) is 7.26. The SMILES string of the molecule is CC1OCCC1CNc1c(Cl)cnn(CC2CC2)c1=O. The van der Waals surface area contributed by atoms with Crippen molar-refractivity contribution < 1.29 is 4.74 Å². The minimum Gasteiger partial charge on any atom is -0.379 e. The number of hydrogen-bond acceptors (Lipinski definition) is 4. The number of nitrogens with zero attached hydrogens (tertiary/aromatic N) is 2. The van der Waals surface area contributed by atoms with Gasteiger partial charge in [0.1, 0.15) is 5.69 Å². The van der Waals surface area contributed by atoms with Crippen LogP contribution in [0.15, 0.2) is 11.0 Å². The number of aromatic nitrogens is 2. The molecule has 0 aromatic carbocycles. The molecule has 1 saturated carbocycles. The summed E-state index contributed by atoms with van der Waals surface area (Å²) >= 11 is 6.11. The second-order valence-corrected chi connectivity index (χ2v) is 6.21. The smallest absolute Gasteiger partial charge is 0.291 e. The molecular formula is C14H20ClN3O2. The predicted molar refractivity (Wildman–Crippen MR) is 78.2 cm³/mol. The second-order valence-electron chi connectivity index (χ2n) is 5.80. The Hall–Kier alpha value is -1.07. The zero-order chi connectivity index (χ0) is 14.1. The van der Waals surface area contributed by atoms with Crippen molar-refractivity contribution in [2.75, 3.05) is 18.5 Å². The molecule has 1 aromatic rings. The van der Waals surface area contributed by atoms with E-state index in [0.29, 0.717) is 35.6 Å². The maximum Gasteiger partial charge on any atom is 0.291 e. The van der Waals surface area contributed by atoms with Gasteiger partial charge in [-0.1, -0.05) is 11.6 Å². The average molecular weight is 298 g/mol. The van der Waals surface area contributed by atoms with E-state index >= 15 is 0 Å². The monoisotopic (exact) mass is 297 g/mol. The van der Waals surface area contributed by atoms with Gasteiger partial charge in [-0.3, -0.25) is 4.79 Å². The molecule has 1 aliphatic heterocycles. The van der Waals surface area contributed by atoms with Crippen LogP contribution in [0.25, 0.3) is 0 Å². The van der Waals surface area contributed by atoms with Crippen molar-refractivity contribution in [3.63, 3.8) is 0 Å². The lowest BCUT2D eigenvalue weighted by Gasteiger charge is -2.16. The van der Waals surface area contributed by atoms with Crippen molar-refractivity contribution in [3.8, 4) is 0 Å². The number of rotatable bonds is 5. The Morgan fingerprint density at radius 3 is 2.95 bits per heavy atom. The zero-order valence-electron chi connectivity index (χ0n) is 11.6. The summed E-state index contributed by atoms with van der Waals surface area (Å²) in [5, 5.41) is 7.72. The first-order valence-corrected chi connectivity index (χ1v) is 7.64. The third kappa shape index (κ3) is 2.99. The van der Waals surface area contributed by atoms with Gasteiger partial charge in [-0.05, 0) is 32.1 Å². The number of halogens is 1. The Morgan fingerprint density at radius 2 is 2.30 bits per heavy atom. The van der Waals surface area contributed by atoms with E-state index in [2.05, 4.69) is 17.3 Å². The van der Waals surface area contributed by atoms with Crippen LogP contribution in [0.5, 0.6) is 0 Å². The summed E-state index contributed by atoms with van der Waals surface area (Å²) in [4.78, 5) is 12.4. The molecule has 2 aliphatic rings. The fourth-order valence-corrected chi connectivity index (χ4v) is 2.77. The lowest BCUT2D eigenvalue weighted by atomic mass is 10.0. The number of ether oxygens (including phenoxy) is 1. The molecule has 3 rings (SSSR count). The lowest BCUT2D eigenvalue weighted by Crippen LogP contribution is -2.29. The Kier molecular flexibility index (Phi) is 3.98. The van der Waals surface area contributed by atoms with Crippen molar-refractivity contribution in [3.05, 3.63) is 21.6 Å². The van der Waals surface area contributed by atoms with Crippen LogP contribution in [-0.2, 0) is 11.3 Å². The van der Waals surface area contributed by atoms with Gasteiger partial charge in [0.25, 0.3) is 5.56 Å². The first kappa shape index (κ1) is 13.9. The Morgan fingerprint density at radius 1 is 1.50 bits per heavy atom. The standard InChI is InChI=1S/C14H20ClN3O2/c1-9-11(4-5-20-9)6-16-13-12(15)7-17-18(14(13)19)8-10-2-3-10/h7,9-11,16H,2-6,8H2,1H3. The van der Waals surface area contributed by atoms with Gasteiger partial charge in [-0.2, -0.15) is 5.10 Å². The second kappa shape index (κ2) is 5.74. The Bertz CT molecular complexity index is 542. The lowest BCUT2D eigenvalue weighted by molar-refractivity contribution is 0.108. The van der Waals surface area contributed by atoms with E-state index in [1.54, 1.807) is 6.20 Å². The molecule has 2 heterocycles. The molecule has 6 heteroatoms. The van der Waals surface area contributed by atoms with Gasteiger partial charge in [0.05, 0.1) is 17.3 Å².